The van der Waals surface area contributed by atoms with E-state index in [2.05, 4.69) is 16.0 Å². The van der Waals surface area contributed by atoms with Gasteiger partial charge in [0.2, 0.25) is 0 Å². The maximum Gasteiger partial charge on any atom is 0.319 e. The standard InChI is InChI=1S/C20H25N3O4/c1-5-27-16-9-6-14(7-10-16)13(2)22-20(25)23-15-8-11-18(26-4)17(12-15)19(24)21-3/h6-13H,5H2,1-4H3,(H,21,24)(H2,22,23,25)/t13-/m0/s1. The molecule has 3 N–H and O–H groups in total. The van der Waals surface area contributed by atoms with Gasteiger partial charge in [0.05, 0.1) is 25.3 Å². The molecule has 0 unspecified atom stereocenters. The van der Waals surface area contributed by atoms with Crippen molar-refractivity contribution in [2.45, 2.75) is 19.9 Å². The number of methoxy groups -OCH3 is 1. The first-order valence-electron chi connectivity index (χ1n) is 8.68. The average molecular weight is 371 g/mol. The van der Waals surface area contributed by atoms with E-state index in [1.54, 1.807) is 18.2 Å². The van der Waals surface area contributed by atoms with Crippen LogP contribution in [0.4, 0.5) is 10.5 Å². The lowest BCUT2D eigenvalue weighted by atomic mass is 10.1. The molecule has 0 aromatic heterocycles. The maximum atomic E-state index is 12.3. The van der Waals surface area contributed by atoms with E-state index in [-0.39, 0.29) is 18.0 Å². The Bertz CT molecular complexity index is 790. The second-order valence-electron chi connectivity index (χ2n) is 5.82. The molecule has 144 valence electrons. The Kier molecular flexibility index (Phi) is 7.05. The Morgan fingerprint density at radius 3 is 2.41 bits per heavy atom. The number of benzene rings is 2. The fourth-order valence-corrected chi connectivity index (χ4v) is 2.56. The number of hydrogen-bond donors (Lipinski definition) is 3. The summed E-state index contributed by atoms with van der Waals surface area (Å²) in [5, 5.41) is 8.15. The predicted octanol–water partition coefficient (Wildman–Crippen LogP) is 3.34. The Morgan fingerprint density at radius 1 is 1.11 bits per heavy atom. The van der Waals surface area contributed by atoms with Gasteiger partial charge >= 0.3 is 6.03 Å². The summed E-state index contributed by atoms with van der Waals surface area (Å²) in [4.78, 5) is 24.2. The van der Waals surface area contributed by atoms with Gasteiger partial charge in [0.25, 0.3) is 5.91 Å². The first-order valence-corrected chi connectivity index (χ1v) is 8.68. The molecule has 0 aliphatic heterocycles. The molecular weight excluding hydrogens is 346 g/mol. The molecule has 2 aromatic carbocycles. The van der Waals surface area contributed by atoms with Crippen molar-refractivity contribution >= 4 is 17.6 Å². The smallest absolute Gasteiger partial charge is 0.319 e. The molecule has 0 aliphatic carbocycles. The van der Waals surface area contributed by atoms with Crippen molar-refractivity contribution in [3.63, 3.8) is 0 Å². The first kappa shape index (κ1) is 20.1. The molecule has 0 heterocycles. The fourth-order valence-electron chi connectivity index (χ4n) is 2.56. The highest BCUT2D eigenvalue weighted by Gasteiger charge is 2.14. The summed E-state index contributed by atoms with van der Waals surface area (Å²) in [6.45, 7) is 4.42. The van der Waals surface area contributed by atoms with Gasteiger partial charge in [-0.1, -0.05) is 12.1 Å². The van der Waals surface area contributed by atoms with Crippen LogP contribution in [0.3, 0.4) is 0 Å². The largest absolute Gasteiger partial charge is 0.496 e. The van der Waals surface area contributed by atoms with E-state index in [0.717, 1.165) is 11.3 Å². The highest BCUT2D eigenvalue weighted by Crippen LogP contribution is 2.23. The van der Waals surface area contributed by atoms with Crippen LogP contribution in [0.5, 0.6) is 11.5 Å². The summed E-state index contributed by atoms with van der Waals surface area (Å²) >= 11 is 0. The summed E-state index contributed by atoms with van der Waals surface area (Å²) in [5.74, 6) is 0.930. The van der Waals surface area contributed by atoms with Crippen molar-refractivity contribution in [2.24, 2.45) is 0 Å². The van der Waals surface area contributed by atoms with Crippen LogP contribution in [0.15, 0.2) is 42.5 Å². The molecular formula is C20H25N3O4. The summed E-state index contributed by atoms with van der Waals surface area (Å²) in [6.07, 6.45) is 0. The Morgan fingerprint density at radius 2 is 1.81 bits per heavy atom. The molecule has 0 saturated carbocycles. The van der Waals surface area contributed by atoms with Crippen LogP contribution < -0.4 is 25.4 Å². The monoisotopic (exact) mass is 371 g/mol. The van der Waals surface area contributed by atoms with Crippen molar-refractivity contribution in [1.29, 1.82) is 0 Å². The number of urea groups is 1. The van der Waals surface area contributed by atoms with Gasteiger partial charge in [-0.3, -0.25) is 4.79 Å². The molecule has 2 rings (SSSR count). The minimum absolute atomic E-state index is 0.197. The number of carbonyl (C=O) groups is 2. The van der Waals surface area contributed by atoms with Crippen LogP contribution in [0.1, 0.15) is 35.8 Å². The number of hydrogen-bond acceptors (Lipinski definition) is 4. The Balaban J connectivity index is 2.03. The van der Waals surface area contributed by atoms with Gasteiger partial charge in [-0.25, -0.2) is 4.79 Å². The molecule has 27 heavy (non-hydrogen) atoms. The lowest BCUT2D eigenvalue weighted by Crippen LogP contribution is -2.31. The highest BCUT2D eigenvalue weighted by molar-refractivity contribution is 5.99. The third kappa shape index (κ3) is 5.37. The number of anilines is 1. The molecule has 7 nitrogen and oxygen atoms in total. The first-order chi connectivity index (χ1) is 13.0. The summed E-state index contributed by atoms with van der Waals surface area (Å²) in [7, 11) is 3.02. The molecule has 0 fully saturated rings. The van der Waals surface area contributed by atoms with Crippen LogP contribution in [0, 0.1) is 0 Å². The number of amides is 3. The van der Waals surface area contributed by atoms with Crippen LogP contribution in [-0.2, 0) is 0 Å². The molecule has 3 amide bonds. The van der Waals surface area contributed by atoms with Crippen LogP contribution in [0.25, 0.3) is 0 Å². The van der Waals surface area contributed by atoms with Crippen molar-refractivity contribution in [2.75, 3.05) is 26.1 Å². The number of ether oxygens (including phenoxy) is 2. The normalized spacial score (nSPS) is 11.3. The molecule has 0 spiro atoms. The third-order valence-corrected chi connectivity index (χ3v) is 3.97. The summed E-state index contributed by atoms with van der Waals surface area (Å²) < 4.78 is 10.6. The summed E-state index contributed by atoms with van der Waals surface area (Å²) in [6, 6.07) is 11.9. The van der Waals surface area contributed by atoms with E-state index in [9.17, 15) is 9.59 Å². The quantitative estimate of drug-likeness (QED) is 0.696. The summed E-state index contributed by atoms with van der Waals surface area (Å²) in [5.41, 5.74) is 1.79. The van der Waals surface area contributed by atoms with E-state index in [4.69, 9.17) is 9.47 Å². The van der Waals surface area contributed by atoms with Crippen molar-refractivity contribution in [1.82, 2.24) is 10.6 Å². The lowest BCUT2D eigenvalue weighted by molar-refractivity contribution is 0.0960. The second-order valence-corrected chi connectivity index (χ2v) is 5.82. The minimum Gasteiger partial charge on any atom is -0.496 e. The predicted molar refractivity (Wildman–Crippen MR) is 105 cm³/mol. The van der Waals surface area contributed by atoms with E-state index in [0.29, 0.717) is 23.6 Å². The molecule has 0 bridgehead atoms. The van der Waals surface area contributed by atoms with Crippen molar-refractivity contribution < 1.29 is 19.1 Å². The minimum atomic E-state index is -0.371. The highest BCUT2D eigenvalue weighted by atomic mass is 16.5. The van der Waals surface area contributed by atoms with Gasteiger partial charge < -0.3 is 25.4 Å². The van der Waals surface area contributed by atoms with E-state index in [1.807, 2.05) is 38.1 Å². The molecule has 1 atom stereocenters. The molecule has 0 radical (unpaired) electrons. The fraction of sp³-hybridized carbons (Fsp3) is 0.300. The molecule has 0 aliphatic rings. The van der Waals surface area contributed by atoms with Crippen LogP contribution >= 0.6 is 0 Å². The zero-order valence-corrected chi connectivity index (χ0v) is 16.0. The van der Waals surface area contributed by atoms with Gasteiger partial charge in [0.1, 0.15) is 11.5 Å². The van der Waals surface area contributed by atoms with Crippen molar-refractivity contribution in [3.8, 4) is 11.5 Å². The number of rotatable bonds is 7. The van der Waals surface area contributed by atoms with E-state index in [1.165, 1.54) is 14.2 Å². The van der Waals surface area contributed by atoms with Crippen LogP contribution in [-0.4, -0.2) is 32.7 Å². The van der Waals surface area contributed by atoms with Gasteiger partial charge in [0.15, 0.2) is 0 Å². The topological polar surface area (TPSA) is 88.7 Å². The second kappa shape index (κ2) is 9.47. The van der Waals surface area contributed by atoms with E-state index >= 15 is 0 Å². The lowest BCUT2D eigenvalue weighted by Gasteiger charge is -2.16. The number of nitrogens with one attached hydrogen (secondary N) is 3. The zero-order valence-electron chi connectivity index (χ0n) is 16.0. The van der Waals surface area contributed by atoms with E-state index < -0.39 is 0 Å². The van der Waals surface area contributed by atoms with Crippen molar-refractivity contribution in [3.05, 3.63) is 53.6 Å². The molecule has 0 saturated heterocycles. The Hall–Kier alpha value is -3.22. The molecule has 7 heteroatoms. The maximum absolute atomic E-state index is 12.3. The number of carbonyl (C=O) groups excluding carboxylic acids is 2. The average Bonchev–Trinajstić information content (AvgIpc) is 2.68. The van der Waals surface area contributed by atoms with Gasteiger partial charge in [-0.05, 0) is 49.7 Å². The van der Waals surface area contributed by atoms with Gasteiger partial charge in [-0.2, -0.15) is 0 Å². The molecule has 2 aromatic rings. The Labute approximate surface area is 159 Å². The van der Waals surface area contributed by atoms with Gasteiger partial charge in [-0.15, -0.1) is 0 Å². The SMILES string of the molecule is CCOc1ccc([C@H](C)NC(=O)Nc2ccc(OC)c(C(=O)NC)c2)cc1. The zero-order chi connectivity index (χ0) is 19.8. The van der Waals surface area contributed by atoms with Gasteiger partial charge in [0, 0.05) is 12.7 Å². The third-order valence-electron chi connectivity index (χ3n) is 3.97. The van der Waals surface area contributed by atoms with Crippen LogP contribution in [0.2, 0.25) is 0 Å².